The van der Waals surface area contributed by atoms with Gasteiger partial charge in [-0.2, -0.15) is 0 Å². The average Bonchev–Trinajstić information content (AvgIpc) is 2.80. The number of rotatable bonds is 20. The second kappa shape index (κ2) is 21.9. The van der Waals surface area contributed by atoms with Gasteiger partial charge in [0, 0.05) is 51.3 Å². The molecule has 0 aromatic rings. The summed E-state index contributed by atoms with van der Waals surface area (Å²) in [6.07, 6.45) is 1.13. The largest absolute Gasteiger partial charge is 0.504 e. The van der Waals surface area contributed by atoms with Gasteiger partial charge in [0.1, 0.15) is 0 Å². The Morgan fingerprint density at radius 1 is 0.657 bits per heavy atom. The second-order valence-corrected chi connectivity index (χ2v) is 12.2. The molecule has 35 heavy (non-hydrogen) atoms. The quantitative estimate of drug-likeness (QED) is 0.129. The van der Waals surface area contributed by atoms with E-state index in [-0.39, 0.29) is 13.2 Å². The van der Waals surface area contributed by atoms with Gasteiger partial charge in [-0.25, -0.2) is 9.59 Å². The molecule has 0 spiro atoms. The van der Waals surface area contributed by atoms with Crippen molar-refractivity contribution in [3.8, 4) is 0 Å². The molecule has 0 N–H and O–H groups in total. The Kier molecular flexibility index (Phi) is 22.3. The molecule has 0 saturated carbocycles. The van der Waals surface area contributed by atoms with Crippen molar-refractivity contribution in [3.63, 3.8) is 0 Å². The summed E-state index contributed by atoms with van der Waals surface area (Å²) in [7, 11) is -5.39. The van der Waals surface area contributed by atoms with Gasteiger partial charge in [-0.3, -0.25) is 0 Å². The zero-order valence-electron chi connectivity index (χ0n) is 22.6. The van der Waals surface area contributed by atoms with E-state index in [1.165, 1.54) is 0 Å². The topological polar surface area (TPSA) is 108 Å². The lowest BCUT2D eigenvalue weighted by molar-refractivity contribution is -0.139. The van der Waals surface area contributed by atoms with E-state index in [1.807, 2.05) is 41.5 Å². The van der Waals surface area contributed by atoms with E-state index in [9.17, 15) is 9.59 Å². The summed E-state index contributed by atoms with van der Waals surface area (Å²) >= 11 is 0. The molecule has 0 bridgehead atoms. The Balaban J connectivity index is 0. The molecular formula is C23H46O10Si2. The molecule has 0 heterocycles. The fraction of sp³-hybridized carbons (Fsp3) is 0.739. The maximum Gasteiger partial charge on any atom is 0.504 e. The van der Waals surface area contributed by atoms with Gasteiger partial charge in [-0.1, -0.05) is 13.2 Å². The van der Waals surface area contributed by atoms with E-state index in [2.05, 4.69) is 13.2 Å². The minimum Gasteiger partial charge on any atom is -0.463 e. The molecule has 0 radical (unpaired) electrons. The van der Waals surface area contributed by atoms with Gasteiger partial charge < -0.3 is 36.0 Å². The Hall–Kier alpha value is -1.39. The molecule has 0 amide bonds. The van der Waals surface area contributed by atoms with Gasteiger partial charge in [-0.15, -0.1) is 0 Å². The molecule has 0 aromatic heterocycles. The van der Waals surface area contributed by atoms with Gasteiger partial charge in [0.2, 0.25) is 0 Å². The van der Waals surface area contributed by atoms with Crippen LogP contribution in [0, 0.1) is 0 Å². The predicted octanol–water partition coefficient (Wildman–Crippen LogP) is 3.92. The van der Waals surface area contributed by atoms with Crippen LogP contribution in [0.25, 0.3) is 0 Å². The minimum absolute atomic E-state index is 0.219. The van der Waals surface area contributed by atoms with Crippen LogP contribution in [0.4, 0.5) is 0 Å². The first-order valence-electron chi connectivity index (χ1n) is 12.1. The van der Waals surface area contributed by atoms with Gasteiger partial charge in [0.05, 0.1) is 25.3 Å². The van der Waals surface area contributed by atoms with Crippen molar-refractivity contribution in [1.29, 1.82) is 0 Å². The maximum atomic E-state index is 11.3. The SMILES string of the molecule is C=C(C)C(=O)OCC[Si](OCC)(OCC)OCC.C=CC(=O)OCC[Si](OCC)(OCC)OCC. The van der Waals surface area contributed by atoms with Crippen LogP contribution < -0.4 is 0 Å². The van der Waals surface area contributed by atoms with E-state index in [0.29, 0.717) is 57.3 Å². The number of ether oxygens (including phenoxy) is 2. The highest BCUT2D eigenvalue weighted by molar-refractivity contribution is 6.61. The standard InChI is InChI=1S/C12H24O5Si.C11H22O5Si/c1-6-15-18(16-7-2,17-8-3)10-9-14-12(13)11(4)5;1-5-11(12)13-9-10-17(14-6-2,15-7-3)16-8-4/h4,6-10H2,1-3,5H3;5H,1,6-10H2,2-4H3. The molecule has 0 saturated heterocycles. The van der Waals surface area contributed by atoms with Crippen LogP contribution in [0.2, 0.25) is 12.1 Å². The number of carbonyl (C=O) groups excluding carboxylic acids is 2. The lowest BCUT2D eigenvalue weighted by atomic mass is 10.4. The van der Waals surface area contributed by atoms with E-state index < -0.39 is 29.5 Å². The Morgan fingerprint density at radius 2 is 0.971 bits per heavy atom. The summed E-state index contributed by atoms with van der Waals surface area (Å²) < 4.78 is 43.7. The first kappa shape index (κ1) is 35.8. The Labute approximate surface area is 213 Å². The molecule has 12 heteroatoms. The molecule has 0 aliphatic heterocycles. The molecule has 0 fully saturated rings. The molecule has 0 atom stereocenters. The van der Waals surface area contributed by atoms with Crippen LogP contribution in [0.1, 0.15) is 48.5 Å². The lowest BCUT2D eigenvalue weighted by Gasteiger charge is -2.28. The fourth-order valence-corrected chi connectivity index (χ4v) is 7.44. The van der Waals surface area contributed by atoms with E-state index in [0.717, 1.165) is 6.08 Å². The summed E-state index contributed by atoms with van der Waals surface area (Å²) in [5.41, 5.74) is 0.381. The molecule has 0 aromatic carbocycles. The van der Waals surface area contributed by atoms with Crippen LogP contribution in [0.3, 0.4) is 0 Å². The molecule has 10 nitrogen and oxygen atoms in total. The van der Waals surface area contributed by atoms with Crippen molar-refractivity contribution < 1.29 is 45.6 Å². The van der Waals surface area contributed by atoms with Gasteiger partial charge in [-0.05, 0) is 48.5 Å². The molecule has 0 unspecified atom stereocenters. The second-order valence-electron chi connectivity index (χ2n) is 6.75. The zero-order chi connectivity index (χ0) is 27.2. The van der Waals surface area contributed by atoms with Gasteiger partial charge in [0.25, 0.3) is 0 Å². The molecule has 206 valence electrons. The minimum atomic E-state index is -2.70. The zero-order valence-corrected chi connectivity index (χ0v) is 24.6. The van der Waals surface area contributed by atoms with Crippen molar-refractivity contribution >= 4 is 29.5 Å². The van der Waals surface area contributed by atoms with Crippen molar-refractivity contribution in [2.24, 2.45) is 0 Å². The van der Waals surface area contributed by atoms with Crippen LogP contribution in [-0.4, -0.2) is 82.4 Å². The average molecular weight is 539 g/mol. The third-order valence-electron chi connectivity index (χ3n) is 3.99. The maximum absolute atomic E-state index is 11.3. The van der Waals surface area contributed by atoms with Crippen molar-refractivity contribution in [1.82, 2.24) is 0 Å². The van der Waals surface area contributed by atoms with Gasteiger partial charge >= 0.3 is 29.5 Å². The highest BCUT2D eigenvalue weighted by Gasteiger charge is 2.41. The van der Waals surface area contributed by atoms with Crippen molar-refractivity contribution in [2.75, 3.05) is 52.9 Å². The summed E-state index contributed by atoms with van der Waals surface area (Å²) in [6.45, 7) is 23.3. The predicted molar refractivity (Wildman–Crippen MR) is 138 cm³/mol. The van der Waals surface area contributed by atoms with E-state index in [4.69, 9.17) is 36.0 Å². The van der Waals surface area contributed by atoms with E-state index in [1.54, 1.807) is 6.92 Å². The van der Waals surface area contributed by atoms with E-state index >= 15 is 0 Å². The lowest BCUT2D eigenvalue weighted by Crippen LogP contribution is -2.47. The first-order chi connectivity index (χ1) is 16.6. The number of hydrogen-bond acceptors (Lipinski definition) is 10. The number of esters is 2. The summed E-state index contributed by atoms with van der Waals surface area (Å²) in [4.78, 5) is 22.2. The Bertz CT molecular complexity index is 567. The fourth-order valence-electron chi connectivity index (χ4n) is 2.73. The third-order valence-corrected chi connectivity index (χ3v) is 10.00. The summed E-state index contributed by atoms with van der Waals surface area (Å²) in [6, 6.07) is 0.920. The van der Waals surface area contributed by atoms with Crippen LogP contribution in [0.15, 0.2) is 24.8 Å². The monoisotopic (exact) mass is 538 g/mol. The molecule has 0 aliphatic carbocycles. The number of hydrogen-bond donors (Lipinski definition) is 0. The Morgan fingerprint density at radius 3 is 1.23 bits per heavy atom. The first-order valence-corrected chi connectivity index (χ1v) is 16.0. The highest BCUT2D eigenvalue weighted by atomic mass is 28.4. The number of carbonyl (C=O) groups is 2. The molecule has 0 aliphatic rings. The van der Waals surface area contributed by atoms with Crippen LogP contribution >= 0.6 is 0 Å². The normalized spacial score (nSPS) is 11.3. The van der Waals surface area contributed by atoms with Crippen LogP contribution in [0.5, 0.6) is 0 Å². The van der Waals surface area contributed by atoms with Crippen molar-refractivity contribution in [2.45, 2.75) is 60.6 Å². The third kappa shape index (κ3) is 16.8. The highest BCUT2D eigenvalue weighted by Crippen LogP contribution is 2.17. The summed E-state index contributed by atoms with van der Waals surface area (Å²) in [5, 5.41) is 0. The van der Waals surface area contributed by atoms with Gasteiger partial charge in [0.15, 0.2) is 0 Å². The summed E-state index contributed by atoms with van der Waals surface area (Å²) in [5.74, 6) is -0.847. The van der Waals surface area contributed by atoms with Crippen molar-refractivity contribution in [3.05, 3.63) is 24.8 Å². The smallest absolute Gasteiger partial charge is 0.463 e. The molecule has 0 rings (SSSR count). The van der Waals surface area contributed by atoms with Crippen LogP contribution in [-0.2, 0) is 45.6 Å². The molecular weight excluding hydrogens is 492 g/mol.